The van der Waals surface area contributed by atoms with Crippen LogP contribution in [0, 0.1) is 0 Å². The third-order valence-corrected chi connectivity index (χ3v) is 3.88. The summed E-state index contributed by atoms with van der Waals surface area (Å²) < 4.78 is 42.6. The molecule has 0 aliphatic carbocycles. The molecule has 2 aromatic rings. The number of halogens is 3. The van der Waals surface area contributed by atoms with Crippen molar-refractivity contribution < 1.29 is 32.3 Å². The summed E-state index contributed by atoms with van der Waals surface area (Å²) in [6.45, 7) is 2.72. The average molecular weight is 405 g/mol. The Labute approximate surface area is 165 Å². The first-order valence-electron chi connectivity index (χ1n) is 8.54. The predicted molar refractivity (Wildman–Crippen MR) is 101 cm³/mol. The number of hydrogen-bond acceptors (Lipinski definition) is 4. The first-order valence-corrected chi connectivity index (χ1v) is 8.54. The van der Waals surface area contributed by atoms with E-state index in [4.69, 9.17) is 4.74 Å². The Bertz CT molecular complexity index is 934. The van der Waals surface area contributed by atoms with Gasteiger partial charge in [-0.05, 0) is 49.8 Å². The van der Waals surface area contributed by atoms with Gasteiger partial charge >= 0.3 is 12.1 Å². The Morgan fingerprint density at radius 3 is 2.24 bits per heavy atom. The Balaban J connectivity index is 1.95. The number of carbonyl (C=O) groups excluding carboxylic acids is 3. The van der Waals surface area contributed by atoms with E-state index in [-0.39, 0.29) is 5.78 Å². The highest BCUT2D eigenvalue weighted by Gasteiger charge is 2.29. The lowest BCUT2D eigenvalue weighted by molar-refractivity contribution is -0.148. The highest BCUT2D eigenvalue weighted by Crippen LogP contribution is 2.29. The van der Waals surface area contributed by atoms with Gasteiger partial charge in [-0.15, -0.1) is 0 Å². The van der Waals surface area contributed by atoms with Crippen molar-refractivity contribution in [2.45, 2.75) is 26.1 Å². The van der Waals surface area contributed by atoms with Gasteiger partial charge in [0.15, 0.2) is 11.9 Å². The molecule has 0 radical (unpaired) electrons. The zero-order chi connectivity index (χ0) is 21.6. The number of benzene rings is 2. The van der Waals surface area contributed by atoms with Crippen molar-refractivity contribution in [2.24, 2.45) is 0 Å². The summed E-state index contributed by atoms with van der Waals surface area (Å²) >= 11 is 0. The fourth-order valence-electron chi connectivity index (χ4n) is 2.35. The number of ketones is 1. The lowest BCUT2D eigenvalue weighted by Gasteiger charge is -2.14. The van der Waals surface area contributed by atoms with E-state index in [0.717, 1.165) is 18.2 Å². The molecule has 1 N–H and O–H groups in total. The molecule has 0 unspecified atom stereocenters. The minimum Gasteiger partial charge on any atom is -0.449 e. The lowest BCUT2D eigenvalue weighted by Crippen LogP contribution is -2.30. The van der Waals surface area contributed by atoms with Crippen LogP contribution in [0.1, 0.15) is 35.3 Å². The quantitative estimate of drug-likeness (QED) is 0.437. The van der Waals surface area contributed by atoms with Crippen LogP contribution in [0.5, 0.6) is 0 Å². The van der Waals surface area contributed by atoms with Crippen LogP contribution in [-0.4, -0.2) is 23.8 Å². The van der Waals surface area contributed by atoms with Crippen molar-refractivity contribution in [3.05, 3.63) is 71.3 Å². The third kappa shape index (κ3) is 6.31. The molecule has 0 saturated carbocycles. The molecule has 0 aliphatic heterocycles. The summed E-state index contributed by atoms with van der Waals surface area (Å²) in [5.74, 6) is -1.70. The largest absolute Gasteiger partial charge is 0.449 e. The molecular weight excluding hydrogens is 387 g/mol. The van der Waals surface area contributed by atoms with E-state index in [0.29, 0.717) is 16.8 Å². The van der Waals surface area contributed by atoms with Crippen LogP contribution in [0.3, 0.4) is 0 Å². The Hall–Kier alpha value is -3.42. The van der Waals surface area contributed by atoms with Gasteiger partial charge in [-0.25, -0.2) is 4.79 Å². The number of esters is 1. The van der Waals surface area contributed by atoms with Crippen molar-refractivity contribution in [3.63, 3.8) is 0 Å². The van der Waals surface area contributed by atoms with Gasteiger partial charge in [-0.1, -0.05) is 24.3 Å². The van der Waals surface area contributed by atoms with Crippen molar-refractivity contribution >= 4 is 29.4 Å². The molecule has 0 heterocycles. The fraction of sp³-hybridized carbons (Fsp3) is 0.190. The van der Waals surface area contributed by atoms with Gasteiger partial charge in [-0.3, -0.25) is 9.59 Å². The molecule has 0 saturated heterocycles. The van der Waals surface area contributed by atoms with Crippen LogP contribution in [0.2, 0.25) is 0 Å². The molecule has 1 amide bonds. The predicted octanol–water partition coefficient (Wildman–Crippen LogP) is 4.49. The molecule has 2 rings (SSSR count). The zero-order valence-electron chi connectivity index (χ0n) is 15.6. The van der Waals surface area contributed by atoms with Gasteiger partial charge in [-0.2, -0.15) is 13.2 Å². The van der Waals surface area contributed by atoms with Crippen molar-refractivity contribution in [1.82, 2.24) is 0 Å². The number of Topliss-reactive ketones (excluding diaryl/α,β-unsaturated/α-hetero) is 1. The molecule has 1 atom stereocenters. The van der Waals surface area contributed by atoms with Gasteiger partial charge in [0.25, 0.3) is 5.91 Å². The molecule has 2 aromatic carbocycles. The standard InChI is InChI=1S/C21H18F3NO4/c1-13(26)17-5-3-4-6-18(17)25-20(28)14(2)29-19(27)12-9-15-7-10-16(11-8-15)21(22,23)24/h3-12,14H,1-2H3,(H,25,28)/b12-9+/t14-/m1/s1. The van der Waals surface area contributed by atoms with Crippen LogP contribution >= 0.6 is 0 Å². The van der Waals surface area contributed by atoms with Crippen LogP contribution in [-0.2, 0) is 20.5 Å². The molecular formula is C21H18F3NO4. The average Bonchev–Trinajstić information content (AvgIpc) is 2.66. The lowest BCUT2D eigenvalue weighted by atomic mass is 10.1. The summed E-state index contributed by atoms with van der Waals surface area (Å²) in [5, 5.41) is 2.52. The number of amides is 1. The van der Waals surface area contributed by atoms with E-state index in [1.807, 2.05) is 0 Å². The number of anilines is 1. The maximum absolute atomic E-state index is 12.5. The first kappa shape index (κ1) is 21.9. The molecule has 0 aliphatic rings. The molecule has 0 fully saturated rings. The van der Waals surface area contributed by atoms with E-state index in [1.54, 1.807) is 24.3 Å². The van der Waals surface area contributed by atoms with E-state index in [2.05, 4.69) is 5.32 Å². The van der Waals surface area contributed by atoms with E-state index in [1.165, 1.54) is 32.1 Å². The summed E-state index contributed by atoms with van der Waals surface area (Å²) in [5.41, 5.74) is 0.186. The summed E-state index contributed by atoms with van der Waals surface area (Å²) in [7, 11) is 0. The third-order valence-electron chi connectivity index (χ3n) is 3.88. The number of para-hydroxylation sites is 1. The van der Waals surface area contributed by atoms with Gasteiger partial charge in [0.05, 0.1) is 11.3 Å². The highest BCUT2D eigenvalue weighted by atomic mass is 19.4. The highest BCUT2D eigenvalue weighted by molar-refractivity contribution is 6.05. The van der Waals surface area contributed by atoms with E-state index >= 15 is 0 Å². The number of rotatable bonds is 6. The van der Waals surface area contributed by atoms with Gasteiger partial charge in [0, 0.05) is 11.6 Å². The van der Waals surface area contributed by atoms with Gasteiger partial charge in [0.2, 0.25) is 0 Å². The monoisotopic (exact) mass is 405 g/mol. The van der Waals surface area contributed by atoms with Crippen LogP contribution in [0.15, 0.2) is 54.6 Å². The second kappa shape index (κ2) is 9.18. The zero-order valence-corrected chi connectivity index (χ0v) is 15.6. The topological polar surface area (TPSA) is 72.5 Å². The van der Waals surface area contributed by atoms with Crippen molar-refractivity contribution in [2.75, 3.05) is 5.32 Å². The van der Waals surface area contributed by atoms with Crippen LogP contribution in [0.4, 0.5) is 18.9 Å². The molecule has 152 valence electrons. The Morgan fingerprint density at radius 1 is 1.03 bits per heavy atom. The second-order valence-electron chi connectivity index (χ2n) is 6.12. The van der Waals surface area contributed by atoms with Gasteiger partial charge < -0.3 is 10.1 Å². The summed E-state index contributed by atoms with van der Waals surface area (Å²) in [6.07, 6.45) is -3.31. The number of ether oxygens (including phenoxy) is 1. The Kier molecular flexibility index (Phi) is 6.93. The van der Waals surface area contributed by atoms with E-state index < -0.39 is 29.7 Å². The number of nitrogens with one attached hydrogen (secondary N) is 1. The molecule has 0 spiro atoms. The molecule has 0 aromatic heterocycles. The maximum atomic E-state index is 12.5. The SMILES string of the molecule is CC(=O)c1ccccc1NC(=O)[C@@H](C)OC(=O)/C=C/c1ccc(C(F)(F)F)cc1. The van der Waals surface area contributed by atoms with Gasteiger partial charge in [0.1, 0.15) is 0 Å². The van der Waals surface area contributed by atoms with Crippen molar-refractivity contribution in [3.8, 4) is 0 Å². The van der Waals surface area contributed by atoms with Crippen LogP contribution < -0.4 is 5.32 Å². The second-order valence-corrected chi connectivity index (χ2v) is 6.12. The number of alkyl halides is 3. The maximum Gasteiger partial charge on any atom is 0.416 e. The molecule has 0 bridgehead atoms. The minimum absolute atomic E-state index is 0.231. The Morgan fingerprint density at radius 2 is 1.66 bits per heavy atom. The fourth-order valence-corrected chi connectivity index (χ4v) is 2.35. The smallest absolute Gasteiger partial charge is 0.416 e. The molecule has 5 nitrogen and oxygen atoms in total. The molecule has 29 heavy (non-hydrogen) atoms. The van der Waals surface area contributed by atoms with Crippen LogP contribution in [0.25, 0.3) is 6.08 Å². The van der Waals surface area contributed by atoms with E-state index in [9.17, 15) is 27.6 Å². The minimum atomic E-state index is -4.44. The number of hydrogen-bond donors (Lipinski definition) is 1. The summed E-state index contributed by atoms with van der Waals surface area (Å²) in [6, 6.07) is 10.6. The normalized spacial score (nSPS) is 12.4. The molecule has 8 heteroatoms. The first-order chi connectivity index (χ1) is 13.6. The van der Waals surface area contributed by atoms with Crippen molar-refractivity contribution in [1.29, 1.82) is 0 Å². The number of carbonyl (C=O) groups is 3. The summed E-state index contributed by atoms with van der Waals surface area (Å²) in [4.78, 5) is 35.6.